The van der Waals surface area contributed by atoms with Crippen LogP contribution >= 0.6 is 0 Å². The van der Waals surface area contributed by atoms with Crippen LogP contribution in [-0.4, -0.2) is 4.57 Å². The molecule has 0 amide bonds. The van der Waals surface area contributed by atoms with Crippen molar-refractivity contribution in [2.75, 3.05) is 4.90 Å². The van der Waals surface area contributed by atoms with Crippen LogP contribution in [0.4, 0.5) is 17.1 Å². The van der Waals surface area contributed by atoms with Gasteiger partial charge in [0.2, 0.25) is 0 Å². The molecule has 0 unspecified atom stereocenters. The monoisotopic (exact) mass is 884 g/mol. The number of anilines is 3. The lowest BCUT2D eigenvalue weighted by Gasteiger charge is -2.32. The summed E-state index contributed by atoms with van der Waals surface area (Å²) in [6.45, 7) is 6.85. The molecule has 0 aliphatic heterocycles. The van der Waals surface area contributed by atoms with Gasteiger partial charge in [0.1, 0.15) is 22.3 Å². The SMILES string of the molecule is CC(C)(C)c1ccc(N(c2ccc3c(c2)c2ccccc2n3-c2ccccc2)c2cc3c(c4oc5ccccc5c24)-c2c(ccc4c2oc2ccccc24)C32c3ccccc3-c3ccccc32)cc1. The largest absolute Gasteiger partial charge is 0.455 e. The number of benzene rings is 10. The van der Waals surface area contributed by atoms with E-state index in [4.69, 9.17) is 8.83 Å². The van der Waals surface area contributed by atoms with Crippen molar-refractivity contribution in [1.29, 1.82) is 0 Å². The van der Waals surface area contributed by atoms with Crippen molar-refractivity contribution >= 4 is 82.7 Å². The molecule has 1 spiro atoms. The van der Waals surface area contributed by atoms with Gasteiger partial charge in [-0.05, 0) is 111 Å². The van der Waals surface area contributed by atoms with Crippen LogP contribution in [0.2, 0.25) is 0 Å². The van der Waals surface area contributed by atoms with Crippen molar-refractivity contribution in [2.45, 2.75) is 31.6 Å². The highest BCUT2D eigenvalue weighted by Gasteiger charge is 2.54. The van der Waals surface area contributed by atoms with Crippen LogP contribution in [0.25, 0.3) is 93.6 Å². The number of rotatable bonds is 4. The highest BCUT2D eigenvalue weighted by Crippen LogP contribution is 2.67. The van der Waals surface area contributed by atoms with E-state index >= 15 is 0 Å². The highest BCUT2D eigenvalue weighted by molar-refractivity contribution is 6.23. The van der Waals surface area contributed by atoms with Gasteiger partial charge < -0.3 is 18.3 Å². The Balaban J connectivity index is 1.11. The Bertz CT molecular complexity index is 4250. The summed E-state index contributed by atoms with van der Waals surface area (Å²) >= 11 is 0. The fraction of sp³-hybridized carbons (Fsp3) is 0.0769. The molecule has 4 heteroatoms. The van der Waals surface area contributed by atoms with E-state index in [1.165, 1.54) is 55.2 Å². The van der Waals surface area contributed by atoms with Crippen LogP contribution in [0.3, 0.4) is 0 Å². The Morgan fingerprint density at radius 1 is 0.420 bits per heavy atom. The molecule has 0 atom stereocenters. The molecule has 0 saturated heterocycles. The molecule has 3 aromatic heterocycles. The van der Waals surface area contributed by atoms with Gasteiger partial charge in [-0.2, -0.15) is 0 Å². The summed E-state index contributed by atoms with van der Waals surface area (Å²) in [5.74, 6) is 0. The van der Waals surface area contributed by atoms with E-state index in [1.54, 1.807) is 0 Å². The average molecular weight is 885 g/mol. The number of fused-ring (bicyclic) bond motifs is 21. The molecule has 15 rings (SSSR count). The maximum absolute atomic E-state index is 7.39. The van der Waals surface area contributed by atoms with Crippen LogP contribution in [0.1, 0.15) is 48.6 Å². The smallest absolute Gasteiger partial charge is 0.145 e. The van der Waals surface area contributed by atoms with Crippen LogP contribution in [0, 0.1) is 0 Å². The minimum Gasteiger partial charge on any atom is -0.455 e. The van der Waals surface area contributed by atoms with Gasteiger partial charge in [-0.3, -0.25) is 0 Å². The van der Waals surface area contributed by atoms with Gasteiger partial charge in [-0.25, -0.2) is 0 Å². The number of furan rings is 2. The Kier molecular flexibility index (Phi) is 7.67. The quantitative estimate of drug-likeness (QED) is 0.177. The summed E-state index contributed by atoms with van der Waals surface area (Å²) < 4.78 is 16.8. The van der Waals surface area contributed by atoms with Crippen LogP contribution in [0.5, 0.6) is 0 Å². The first-order valence-electron chi connectivity index (χ1n) is 24.0. The zero-order valence-corrected chi connectivity index (χ0v) is 38.4. The Hall–Kier alpha value is -8.60. The first-order valence-corrected chi connectivity index (χ1v) is 24.0. The molecule has 0 radical (unpaired) electrons. The number of nitrogens with zero attached hydrogens (tertiary/aromatic N) is 2. The first kappa shape index (κ1) is 38.5. The average Bonchev–Trinajstić information content (AvgIpc) is 4.19. The second kappa shape index (κ2) is 13.7. The third kappa shape index (κ3) is 5.07. The van der Waals surface area contributed by atoms with Crippen molar-refractivity contribution in [3.8, 4) is 27.9 Å². The molecule has 0 saturated carbocycles. The maximum atomic E-state index is 7.39. The van der Waals surface area contributed by atoms with Gasteiger partial charge >= 0.3 is 0 Å². The molecule has 0 N–H and O–H groups in total. The van der Waals surface area contributed by atoms with Crippen LogP contribution in [0.15, 0.2) is 221 Å². The Morgan fingerprint density at radius 2 is 1.00 bits per heavy atom. The molecular formula is C65H44N2O2. The first-order chi connectivity index (χ1) is 33.9. The summed E-state index contributed by atoms with van der Waals surface area (Å²) in [5, 5.41) is 6.73. The van der Waals surface area contributed by atoms with E-state index in [-0.39, 0.29) is 5.41 Å². The van der Waals surface area contributed by atoms with Crippen molar-refractivity contribution in [1.82, 2.24) is 4.57 Å². The van der Waals surface area contributed by atoms with E-state index < -0.39 is 5.41 Å². The van der Waals surface area contributed by atoms with Crippen LogP contribution < -0.4 is 4.90 Å². The van der Waals surface area contributed by atoms with E-state index in [0.29, 0.717) is 0 Å². The molecule has 2 aliphatic carbocycles. The predicted octanol–water partition coefficient (Wildman–Crippen LogP) is 17.7. The predicted molar refractivity (Wildman–Crippen MR) is 285 cm³/mol. The highest BCUT2D eigenvalue weighted by atomic mass is 16.3. The molecule has 10 aromatic carbocycles. The maximum Gasteiger partial charge on any atom is 0.145 e. The molecule has 326 valence electrons. The third-order valence-electron chi connectivity index (χ3n) is 15.3. The zero-order chi connectivity index (χ0) is 45.8. The summed E-state index contributed by atoms with van der Waals surface area (Å²) in [6.07, 6.45) is 0. The normalized spacial score (nSPS) is 13.6. The lowest BCUT2D eigenvalue weighted by atomic mass is 9.70. The van der Waals surface area contributed by atoms with Crippen molar-refractivity contribution < 1.29 is 8.83 Å². The topological polar surface area (TPSA) is 34.5 Å². The molecule has 3 heterocycles. The minimum absolute atomic E-state index is 0.0213. The van der Waals surface area contributed by atoms with E-state index in [9.17, 15) is 0 Å². The molecule has 69 heavy (non-hydrogen) atoms. The summed E-state index contributed by atoms with van der Waals surface area (Å²) in [7, 11) is 0. The second-order valence-electron chi connectivity index (χ2n) is 19.9. The standard InChI is InChI=1S/C65H44N2O2/c1-64(2,3)39-29-31-41(32-30-39)66(42-33-36-55-49(37-42)45-21-9-14-26-54(45)67(55)40-17-5-4-6-18-40)56-38-53-61(63-59(56)48-23-11-16-28-58(48)69-63)60-52(35-34-47-46-22-10-15-27-57(46)68-62(47)60)65(53)50-24-12-7-19-43(50)44-20-8-13-25-51(44)65/h4-38H,1-3H3. The summed E-state index contributed by atoms with van der Waals surface area (Å²) in [6, 6.07) is 78.0. The van der Waals surface area contributed by atoms with Gasteiger partial charge in [0.05, 0.1) is 27.5 Å². The number of hydrogen-bond donors (Lipinski definition) is 0. The Labute approximate surface area is 398 Å². The van der Waals surface area contributed by atoms with E-state index in [2.05, 4.69) is 243 Å². The van der Waals surface area contributed by atoms with Gasteiger partial charge in [0.25, 0.3) is 0 Å². The van der Waals surface area contributed by atoms with Gasteiger partial charge in [0, 0.05) is 55.1 Å². The molecule has 4 nitrogen and oxygen atoms in total. The third-order valence-corrected chi connectivity index (χ3v) is 15.3. The lowest BCUT2D eigenvalue weighted by Crippen LogP contribution is -2.26. The van der Waals surface area contributed by atoms with E-state index in [0.717, 1.165) is 83.3 Å². The summed E-state index contributed by atoms with van der Waals surface area (Å²) in [4.78, 5) is 2.49. The minimum atomic E-state index is -0.679. The Morgan fingerprint density at radius 3 is 1.74 bits per heavy atom. The van der Waals surface area contributed by atoms with Gasteiger partial charge in [-0.1, -0.05) is 166 Å². The molecule has 0 bridgehead atoms. The van der Waals surface area contributed by atoms with Gasteiger partial charge in [-0.15, -0.1) is 0 Å². The fourth-order valence-corrected chi connectivity index (χ4v) is 12.4. The number of para-hydroxylation sites is 4. The molecular weight excluding hydrogens is 841 g/mol. The van der Waals surface area contributed by atoms with Crippen molar-refractivity contribution in [2.24, 2.45) is 0 Å². The number of aromatic nitrogens is 1. The zero-order valence-electron chi connectivity index (χ0n) is 38.4. The lowest BCUT2D eigenvalue weighted by molar-refractivity contribution is 0.590. The second-order valence-corrected chi connectivity index (χ2v) is 19.9. The number of hydrogen-bond acceptors (Lipinski definition) is 3. The van der Waals surface area contributed by atoms with Crippen molar-refractivity contribution in [3.63, 3.8) is 0 Å². The van der Waals surface area contributed by atoms with Crippen molar-refractivity contribution in [3.05, 3.63) is 240 Å². The molecule has 2 aliphatic rings. The van der Waals surface area contributed by atoms with Crippen LogP contribution in [-0.2, 0) is 10.8 Å². The van der Waals surface area contributed by atoms with Gasteiger partial charge in [0.15, 0.2) is 0 Å². The molecule has 0 fully saturated rings. The summed E-state index contributed by atoms with van der Waals surface area (Å²) in [5.41, 5.74) is 20.3. The molecule has 13 aromatic rings. The fourth-order valence-electron chi connectivity index (χ4n) is 12.4. The van der Waals surface area contributed by atoms with E-state index in [1.807, 2.05) is 0 Å².